The number of nitrogens with two attached hydrogens (primary N) is 1. The van der Waals surface area contributed by atoms with E-state index in [1.54, 1.807) is 0 Å². The minimum atomic E-state index is -0.583. The lowest BCUT2D eigenvalue weighted by Gasteiger charge is -2.23. The van der Waals surface area contributed by atoms with Crippen molar-refractivity contribution in [3.8, 4) is 0 Å². The Hall–Kier alpha value is -1.37. The molecule has 2 N–H and O–H groups in total. The number of thiazole rings is 1. The average molecular weight is 283 g/mol. The Bertz CT molecular complexity index is 569. The van der Waals surface area contributed by atoms with Crippen LogP contribution in [-0.4, -0.2) is 24.0 Å². The van der Waals surface area contributed by atoms with Crippen molar-refractivity contribution in [2.75, 3.05) is 14.1 Å². The van der Waals surface area contributed by atoms with Crippen LogP contribution in [0.4, 0.5) is 8.78 Å². The van der Waals surface area contributed by atoms with E-state index in [1.165, 1.54) is 23.5 Å². The first-order valence-electron chi connectivity index (χ1n) is 5.78. The zero-order valence-corrected chi connectivity index (χ0v) is 11.5. The third kappa shape index (κ3) is 2.97. The van der Waals surface area contributed by atoms with E-state index in [0.29, 0.717) is 12.1 Å². The third-order valence-electron chi connectivity index (χ3n) is 2.79. The molecule has 1 atom stereocenters. The SMILES string of the molecule is CN(C)C(c1nc(CN)cs1)c1ccc(F)cc1F. The highest BCUT2D eigenvalue weighted by Crippen LogP contribution is 2.31. The summed E-state index contributed by atoms with van der Waals surface area (Å²) in [5.41, 5.74) is 6.71. The van der Waals surface area contributed by atoms with Gasteiger partial charge in [-0.3, -0.25) is 4.90 Å². The zero-order valence-electron chi connectivity index (χ0n) is 10.7. The Balaban J connectivity index is 2.45. The van der Waals surface area contributed by atoms with E-state index in [4.69, 9.17) is 5.73 Å². The molecule has 102 valence electrons. The Morgan fingerprint density at radius 1 is 1.37 bits per heavy atom. The average Bonchev–Trinajstić information content (AvgIpc) is 2.80. The lowest BCUT2D eigenvalue weighted by Crippen LogP contribution is -2.22. The monoisotopic (exact) mass is 283 g/mol. The van der Waals surface area contributed by atoms with E-state index in [2.05, 4.69) is 4.98 Å². The van der Waals surface area contributed by atoms with Gasteiger partial charge in [0.15, 0.2) is 0 Å². The van der Waals surface area contributed by atoms with Gasteiger partial charge < -0.3 is 5.73 Å². The lowest BCUT2D eigenvalue weighted by atomic mass is 10.1. The molecule has 0 aliphatic carbocycles. The van der Waals surface area contributed by atoms with E-state index in [-0.39, 0.29) is 6.04 Å². The van der Waals surface area contributed by atoms with Crippen LogP contribution in [-0.2, 0) is 6.54 Å². The quantitative estimate of drug-likeness (QED) is 0.937. The maximum Gasteiger partial charge on any atom is 0.131 e. The second-order valence-corrected chi connectivity index (χ2v) is 5.30. The van der Waals surface area contributed by atoms with Crippen molar-refractivity contribution in [1.29, 1.82) is 0 Å². The molecule has 0 spiro atoms. The van der Waals surface area contributed by atoms with Gasteiger partial charge in [0.25, 0.3) is 0 Å². The molecule has 0 amide bonds. The molecule has 0 aliphatic rings. The summed E-state index contributed by atoms with van der Waals surface area (Å²) >= 11 is 1.43. The van der Waals surface area contributed by atoms with Crippen LogP contribution < -0.4 is 5.73 Å². The number of rotatable bonds is 4. The van der Waals surface area contributed by atoms with Crippen molar-refractivity contribution >= 4 is 11.3 Å². The molecule has 0 fully saturated rings. The van der Waals surface area contributed by atoms with E-state index < -0.39 is 11.6 Å². The van der Waals surface area contributed by atoms with Crippen molar-refractivity contribution in [3.05, 3.63) is 51.5 Å². The van der Waals surface area contributed by atoms with Crippen molar-refractivity contribution in [2.24, 2.45) is 5.73 Å². The summed E-state index contributed by atoms with van der Waals surface area (Å²) in [6, 6.07) is 3.26. The first kappa shape index (κ1) is 14.0. The number of hydrogen-bond acceptors (Lipinski definition) is 4. The van der Waals surface area contributed by atoms with Crippen LogP contribution in [0.2, 0.25) is 0 Å². The highest BCUT2D eigenvalue weighted by molar-refractivity contribution is 7.09. The number of hydrogen-bond donors (Lipinski definition) is 1. The molecule has 3 nitrogen and oxygen atoms in total. The van der Waals surface area contributed by atoms with Crippen LogP contribution in [0.1, 0.15) is 22.3 Å². The largest absolute Gasteiger partial charge is 0.325 e. The van der Waals surface area contributed by atoms with Gasteiger partial charge in [-0.15, -0.1) is 11.3 Å². The molecule has 0 bridgehead atoms. The van der Waals surface area contributed by atoms with E-state index in [9.17, 15) is 8.78 Å². The van der Waals surface area contributed by atoms with Crippen LogP contribution in [0.15, 0.2) is 23.6 Å². The van der Waals surface area contributed by atoms with Gasteiger partial charge in [0.05, 0.1) is 11.7 Å². The molecule has 2 aromatic rings. The molecule has 0 aliphatic heterocycles. The number of aromatic nitrogens is 1. The van der Waals surface area contributed by atoms with Gasteiger partial charge in [-0.25, -0.2) is 13.8 Å². The van der Waals surface area contributed by atoms with Gasteiger partial charge in [-0.05, 0) is 20.2 Å². The van der Waals surface area contributed by atoms with E-state index in [0.717, 1.165) is 16.8 Å². The first-order valence-corrected chi connectivity index (χ1v) is 6.66. The van der Waals surface area contributed by atoms with Crippen LogP contribution in [0.3, 0.4) is 0 Å². The molecular formula is C13H15F2N3S. The fourth-order valence-corrected chi connectivity index (χ4v) is 2.94. The first-order chi connectivity index (χ1) is 9.02. The molecular weight excluding hydrogens is 268 g/mol. The maximum absolute atomic E-state index is 13.9. The van der Waals surface area contributed by atoms with Crippen molar-refractivity contribution in [3.63, 3.8) is 0 Å². The van der Waals surface area contributed by atoms with Gasteiger partial charge in [0, 0.05) is 23.6 Å². The smallest absolute Gasteiger partial charge is 0.131 e. The van der Waals surface area contributed by atoms with Crippen LogP contribution in [0.25, 0.3) is 0 Å². The Labute approximate surface area is 114 Å². The molecule has 1 aromatic heterocycles. The molecule has 1 unspecified atom stereocenters. The van der Waals surface area contributed by atoms with Crippen molar-refractivity contribution in [2.45, 2.75) is 12.6 Å². The Morgan fingerprint density at radius 2 is 2.11 bits per heavy atom. The highest BCUT2D eigenvalue weighted by atomic mass is 32.1. The minimum Gasteiger partial charge on any atom is -0.325 e. The molecule has 2 rings (SSSR count). The summed E-state index contributed by atoms with van der Waals surface area (Å²) in [7, 11) is 3.66. The topological polar surface area (TPSA) is 42.2 Å². The fraction of sp³-hybridized carbons (Fsp3) is 0.308. The van der Waals surface area contributed by atoms with E-state index >= 15 is 0 Å². The normalized spacial score (nSPS) is 12.9. The van der Waals surface area contributed by atoms with Crippen LogP contribution in [0, 0.1) is 11.6 Å². The van der Waals surface area contributed by atoms with Gasteiger partial charge >= 0.3 is 0 Å². The summed E-state index contributed by atoms with van der Waals surface area (Å²) in [6.07, 6.45) is 0. The summed E-state index contributed by atoms with van der Waals surface area (Å²) < 4.78 is 26.9. The minimum absolute atomic E-state index is 0.342. The fourth-order valence-electron chi connectivity index (χ4n) is 1.90. The molecule has 0 saturated heterocycles. The maximum atomic E-state index is 13.9. The third-order valence-corrected chi connectivity index (χ3v) is 3.73. The summed E-state index contributed by atoms with van der Waals surface area (Å²) in [4.78, 5) is 6.22. The number of halogens is 2. The van der Waals surface area contributed by atoms with Crippen LogP contribution >= 0.6 is 11.3 Å². The summed E-state index contributed by atoms with van der Waals surface area (Å²) in [5.74, 6) is -1.15. The Kier molecular flexibility index (Phi) is 4.24. The van der Waals surface area contributed by atoms with Gasteiger partial charge in [0.1, 0.15) is 16.6 Å². The number of nitrogens with zero attached hydrogens (tertiary/aromatic N) is 2. The zero-order chi connectivity index (χ0) is 14.0. The van der Waals surface area contributed by atoms with Gasteiger partial charge in [0.2, 0.25) is 0 Å². The van der Waals surface area contributed by atoms with Crippen molar-refractivity contribution < 1.29 is 8.78 Å². The molecule has 0 radical (unpaired) electrons. The second-order valence-electron chi connectivity index (χ2n) is 4.41. The highest BCUT2D eigenvalue weighted by Gasteiger charge is 2.23. The lowest BCUT2D eigenvalue weighted by molar-refractivity contribution is 0.332. The standard InChI is InChI=1S/C13H15F2N3S/c1-18(2)12(13-17-9(6-16)7-19-13)10-4-3-8(14)5-11(10)15/h3-5,7,12H,6,16H2,1-2H3. The van der Waals surface area contributed by atoms with E-state index in [1.807, 2.05) is 24.4 Å². The predicted octanol–water partition coefficient (Wildman–Crippen LogP) is 2.53. The summed E-state index contributed by atoms with van der Waals surface area (Å²) in [5, 5.41) is 2.60. The summed E-state index contributed by atoms with van der Waals surface area (Å²) in [6.45, 7) is 0.350. The number of benzene rings is 1. The molecule has 19 heavy (non-hydrogen) atoms. The molecule has 0 saturated carbocycles. The van der Waals surface area contributed by atoms with Crippen molar-refractivity contribution in [1.82, 2.24) is 9.88 Å². The van der Waals surface area contributed by atoms with Gasteiger partial charge in [-0.1, -0.05) is 6.07 Å². The molecule has 1 heterocycles. The second kappa shape index (κ2) is 5.73. The predicted molar refractivity (Wildman–Crippen MR) is 71.9 cm³/mol. The van der Waals surface area contributed by atoms with Gasteiger partial charge in [-0.2, -0.15) is 0 Å². The molecule has 6 heteroatoms. The van der Waals surface area contributed by atoms with Crippen LogP contribution in [0.5, 0.6) is 0 Å². The molecule has 1 aromatic carbocycles. The Morgan fingerprint density at radius 3 is 2.63 bits per heavy atom.